The molecular formula is C14H19BrFN3O3. The first-order chi connectivity index (χ1) is 10.1. The predicted molar refractivity (Wildman–Crippen MR) is 84.7 cm³/mol. The van der Waals surface area contributed by atoms with E-state index in [4.69, 9.17) is 4.74 Å². The summed E-state index contributed by atoms with van der Waals surface area (Å²) in [4.78, 5) is 27.6. The van der Waals surface area contributed by atoms with Crippen LogP contribution in [-0.4, -0.2) is 35.3 Å². The molecule has 0 bridgehead atoms. The average Bonchev–Trinajstić information content (AvgIpc) is 2.35. The Morgan fingerprint density at radius 1 is 1.41 bits per heavy atom. The van der Waals surface area contributed by atoms with E-state index in [1.807, 2.05) is 0 Å². The lowest BCUT2D eigenvalue weighted by molar-refractivity contribution is 0.0634. The van der Waals surface area contributed by atoms with Gasteiger partial charge in [0, 0.05) is 4.47 Å². The Labute approximate surface area is 137 Å². The van der Waals surface area contributed by atoms with E-state index in [9.17, 15) is 14.0 Å². The second-order valence-electron chi connectivity index (χ2n) is 5.71. The summed E-state index contributed by atoms with van der Waals surface area (Å²) in [5.74, 6) is -0.375. The highest BCUT2D eigenvalue weighted by atomic mass is 79.9. The van der Waals surface area contributed by atoms with Gasteiger partial charge >= 0.3 is 6.09 Å². The summed E-state index contributed by atoms with van der Waals surface area (Å²) in [6.07, 6.45) is -0.679. The molecule has 22 heavy (non-hydrogen) atoms. The zero-order valence-corrected chi connectivity index (χ0v) is 14.5. The minimum absolute atomic E-state index is 0.0562. The Morgan fingerprint density at radius 2 is 2.05 bits per heavy atom. The summed E-state index contributed by atoms with van der Waals surface area (Å²) in [6.45, 7) is 6.06. The summed E-state index contributed by atoms with van der Waals surface area (Å²) in [5, 5.41) is 4.90. The first kappa shape index (κ1) is 18.3. The second kappa shape index (κ2) is 7.53. The number of rotatable bonds is 4. The van der Waals surface area contributed by atoms with E-state index in [0.717, 1.165) is 0 Å². The van der Waals surface area contributed by atoms with Crippen molar-refractivity contribution < 1.29 is 18.7 Å². The first-order valence-corrected chi connectivity index (χ1v) is 7.44. The minimum Gasteiger partial charge on any atom is -0.444 e. The number of amides is 2. The molecule has 0 radical (unpaired) electrons. The molecule has 1 rings (SSSR count). The highest BCUT2D eigenvalue weighted by Crippen LogP contribution is 2.17. The molecule has 6 nitrogen and oxygen atoms in total. The lowest BCUT2D eigenvalue weighted by Crippen LogP contribution is -2.34. The van der Waals surface area contributed by atoms with Crippen molar-refractivity contribution in [3.63, 3.8) is 0 Å². The fourth-order valence-electron chi connectivity index (χ4n) is 1.42. The van der Waals surface area contributed by atoms with Gasteiger partial charge in [-0.2, -0.15) is 0 Å². The zero-order valence-electron chi connectivity index (χ0n) is 12.9. The van der Waals surface area contributed by atoms with Gasteiger partial charge in [0.1, 0.15) is 23.8 Å². The van der Waals surface area contributed by atoms with Crippen LogP contribution in [0, 0.1) is 0 Å². The van der Waals surface area contributed by atoms with Gasteiger partial charge in [0.2, 0.25) is 0 Å². The normalized spacial score (nSPS) is 12.5. The number of carbonyl (C=O) groups excluding carboxylic acids is 2. The molecule has 2 N–H and O–H groups in total. The van der Waals surface area contributed by atoms with Crippen LogP contribution in [0.5, 0.6) is 0 Å². The molecule has 1 unspecified atom stereocenters. The summed E-state index contributed by atoms with van der Waals surface area (Å²) >= 11 is 3.23. The second-order valence-corrected chi connectivity index (χ2v) is 6.63. The largest absolute Gasteiger partial charge is 0.444 e. The number of hydrogen-bond acceptors (Lipinski definition) is 4. The molecule has 1 aromatic heterocycles. The molecule has 0 saturated carbocycles. The van der Waals surface area contributed by atoms with Gasteiger partial charge in [-0.05, 0) is 39.8 Å². The van der Waals surface area contributed by atoms with E-state index in [1.54, 1.807) is 20.8 Å². The van der Waals surface area contributed by atoms with E-state index < -0.39 is 30.3 Å². The zero-order chi connectivity index (χ0) is 16.9. The van der Waals surface area contributed by atoms with Crippen LogP contribution in [0.1, 0.15) is 38.2 Å². The van der Waals surface area contributed by atoms with Crippen LogP contribution in [0.4, 0.5) is 15.0 Å². The maximum atomic E-state index is 12.4. The molecule has 0 aliphatic carbocycles. The van der Waals surface area contributed by atoms with Crippen LogP contribution in [0.2, 0.25) is 0 Å². The molecule has 0 fully saturated rings. The van der Waals surface area contributed by atoms with Crippen molar-refractivity contribution in [2.75, 3.05) is 12.0 Å². The molecule has 1 atom stereocenters. The fourth-order valence-corrected chi connectivity index (χ4v) is 1.86. The highest BCUT2D eigenvalue weighted by molar-refractivity contribution is 9.10. The van der Waals surface area contributed by atoms with Crippen molar-refractivity contribution in [2.24, 2.45) is 0 Å². The van der Waals surface area contributed by atoms with Crippen LogP contribution in [0.15, 0.2) is 16.6 Å². The lowest BCUT2D eigenvalue weighted by atomic mass is 10.2. The third kappa shape index (κ3) is 6.38. The van der Waals surface area contributed by atoms with Gasteiger partial charge < -0.3 is 10.1 Å². The van der Waals surface area contributed by atoms with E-state index in [2.05, 4.69) is 31.5 Å². The molecular weight excluding hydrogens is 357 g/mol. The first-order valence-electron chi connectivity index (χ1n) is 6.65. The van der Waals surface area contributed by atoms with Crippen LogP contribution in [0.3, 0.4) is 0 Å². The van der Waals surface area contributed by atoms with E-state index >= 15 is 0 Å². The van der Waals surface area contributed by atoms with E-state index in [0.29, 0.717) is 4.47 Å². The molecule has 122 valence electrons. The standard InChI is InChI=1S/C14H19BrFN3O3/c1-8(7-16)17-12(20)10-5-9(15)6-11(18-10)19-13(21)22-14(2,3)4/h5-6,8H,7H2,1-4H3,(H,17,20)(H,18,19,21). The number of nitrogens with zero attached hydrogens (tertiary/aromatic N) is 1. The molecule has 0 aromatic carbocycles. The fraction of sp³-hybridized carbons (Fsp3) is 0.500. The SMILES string of the molecule is CC(CF)NC(=O)c1cc(Br)cc(NC(=O)OC(C)(C)C)n1. The van der Waals surface area contributed by atoms with Crippen molar-refractivity contribution in [3.8, 4) is 0 Å². The summed E-state index contributed by atoms with van der Waals surface area (Å²) in [5.41, 5.74) is -0.590. The smallest absolute Gasteiger partial charge is 0.413 e. The molecule has 0 spiro atoms. The van der Waals surface area contributed by atoms with Crippen molar-refractivity contribution in [1.29, 1.82) is 0 Å². The number of alkyl halides is 1. The molecule has 2 amide bonds. The van der Waals surface area contributed by atoms with E-state index in [-0.39, 0.29) is 11.5 Å². The Morgan fingerprint density at radius 3 is 2.59 bits per heavy atom. The van der Waals surface area contributed by atoms with Crippen molar-refractivity contribution >= 4 is 33.7 Å². The molecule has 8 heteroatoms. The van der Waals surface area contributed by atoms with Gasteiger partial charge in [0.15, 0.2) is 0 Å². The highest BCUT2D eigenvalue weighted by Gasteiger charge is 2.18. The number of hydrogen-bond donors (Lipinski definition) is 2. The summed E-state index contributed by atoms with van der Waals surface area (Å²) in [6, 6.07) is 2.38. The number of anilines is 1. The Balaban J connectivity index is 2.86. The predicted octanol–water partition coefficient (Wildman–Crippen LogP) is 3.28. The maximum Gasteiger partial charge on any atom is 0.413 e. The van der Waals surface area contributed by atoms with Crippen molar-refractivity contribution in [2.45, 2.75) is 39.3 Å². The molecule has 0 saturated heterocycles. The third-order valence-corrected chi connectivity index (χ3v) is 2.72. The van der Waals surface area contributed by atoms with Gasteiger partial charge in [0.25, 0.3) is 5.91 Å². The number of aromatic nitrogens is 1. The number of carbonyl (C=O) groups is 2. The van der Waals surface area contributed by atoms with Crippen LogP contribution in [0.25, 0.3) is 0 Å². The summed E-state index contributed by atoms with van der Waals surface area (Å²) in [7, 11) is 0. The Kier molecular flexibility index (Phi) is 6.28. The molecule has 0 aliphatic rings. The van der Waals surface area contributed by atoms with Gasteiger partial charge in [0.05, 0.1) is 6.04 Å². The summed E-state index contributed by atoms with van der Waals surface area (Å²) < 4.78 is 18.1. The maximum absolute atomic E-state index is 12.4. The molecule has 0 aliphatic heterocycles. The van der Waals surface area contributed by atoms with Gasteiger partial charge in [-0.1, -0.05) is 15.9 Å². The Hall–Kier alpha value is -1.70. The number of nitrogens with one attached hydrogen (secondary N) is 2. The number of halogens is 2. The van der Waals surface area contributed by atoms with Gasteiger partial charge in [-0.15, -0.1) is 0 Å². The quantitative estimate of drug-likeness (QED) is 0.845. The lowest BCUT2D eigenvalue weighted by Gasteiger charge is -2.19. The monoisotopic (exact) mass is 375 g/mol. The third-order valence-electron chi connectivity index (χ3n) is 2.26. The van der Waals surface area contributed by atoms with Crippen molar-refractivity contribution in [3.05, 3.63) is 22.3 Å². The number of ether oxygens (including phenoxy) is 1. The van der Waals surface area contributed by atoms with Crippen LogP contribution in [-0.2, 0) is 4.74 Å². The van der Waals surface area contributed by atoms with Gasteiger partial charge in [-0.25, -0.2) is 14.2 Å². The minimum atomic E-state index is -0.679. The Bertz CT molecular complexity index is 561. The van der Waals surface area contributed by atoms with Crippen LogP contribution >= 0.6 is 15.9 Å². The van der Waals surface area contributed by atoms with E-state index in [1.165, 1.54) is 19.1 Å². The average molecular weight is 376 g/mol. The molecule has 1 heterocycles. The van der Waals surface area contributed by atoms with Gasteiger partial charge in [-0.3, -0.25) is 10.1 Å². The number of pyridine rings is 1. The van der Waals surface area contributed by atoms with Crippen molar-refractivity contribution in [1.82, 2.24) is 10.3 Å². The van der Waals surface area contributed by atoms with Crippen LogP contribution < -0.4 is 10.6 Å². The molecule has 1 aromatic rings. The topological polar surface area (TPSA) is 80.3 Å².